The van der Waals surface area contributed by atoms with Gasteiger partial charge in [-0.25, -0.2) is 0 Å². The van der Waals surface area contributed by atoms with Crippen LogP contribution in [0, 0.1) is 0 Å². The zero-order valence-electron chi connectivity index (χ0n) is 9.92. The molecular weight excluding hydrogens is 182 g/mol. The topological polar surface area (TPSA) is 24.4 Å². The molecule has 0 radical (unpaired) electrons. The molecule has 0 aliphatic heterocycles. The molecule has 0 aromatic rings. The number of hydrogen-bond donors (Lipinski definition) is 1. The highest BCUT2D eigenvalue weighted by atomic mass is 14.9. The highest BCUT2D eigenvalue weighted by Crippen LogP contribution is 2.19. The third-order valence-electron chi connectivity index (χ3n) is 2.73. The monoisotopic (exact) mass is 202 g/mol. The van der Waals surface area contributed by atoms with Crippen LogP contribution in [0.1, 0.15) is 26.2 Å². The number of nitrogens with one attached hydrogen (secondary N) is 1. The van der Waals surface area contributed by atoms with Crippen LogP contribution in [0.2, 0.25) is 0 Å². The van der Waals surface area contributed by atoms with Gasteiger partial charge in [0.1, 0.15) is 7.17 Å². The summed E-state index contributed by atoms with van der Waals surface area (Å²) >= 11 is 0. The second-order valence-corrected chi connectivity index (χ2v) is 4.07. The lowest BCUT2D eigenvalue weighted by molar-refractivity contribution is 0.676. The standard InChI is InChI=1S/C11H20B2N2/c1-3-7-15-11(9(2)13-12)6-8-14-10-4-5-10/h3,7,10,13-14H,1,4-6,8,12H2,2H3/b11-9+,15-7-. The van der Waals surface area contributed by atoms with Gasteiger partial charge < -0.3 is 5.32 Å². The Bertz CT molecular complexity index is 268. The molecule has 15 heavy (non-hydrogen) atoms. The van der Waals surface area contributed by atoms with Crippen molar-refractivity contribution < 1.29 is 0 Å². The largest absolute Gasteiger partial charge is 0.314 e. The molecule has 1 aliphatic rings. The van der Waals surface area contributed by atoms with Crippen LogP contribution in [0.15, 0.2) is 28.8 Å². The summed E-state index contributed by atoms with van der Waals surface area (Å²) in [7, 11) is 3.25. The Hall–Kier alpha value is -0.760. The van der Waals surface area contributed by atoms with Crippen LogP contribution in [0.3, 0.4) is 0 Å². The van der Waals surface area contributed by atoms with Crippen molar-refractivity contribution in [1.82, 2.24) is 5.32 Å². The molecule has 1 N–H and O–H groups in total. The summed E-state index contributed by atoms with van der Waals surface area (Å²) in [5.74, 6) is 0. The van der Waals surface area contributed by atoms with Crippen molar-refractivity contribution in [1.29, 1.82) is 0 Å². The molecule has 1 saturated carbocycles. The average Bonchev–Trinajstić information content (AvgIpc) is 3.06. The normalized spacial score (nSPS) is 17.7. The Morgan fingerprint density at radius 3 is 2.93 bits per heavy atom. The summed E-state index contributed by atoms with van der Waals surface area (Å²) in [5, 5.41) is 3.51. The first-order valence-electron chi connectivity index (χ1n) is 5.85. The molecule has 2 nitrogen and oxygen atoms in total. The van der Waals surface area contributed by atoms with E-state index in [0.717, 1.165) is 26.2 Å². The summed E-state index contributed by atoms with van der Waals surface area (Å²) in [5.41, 5.74) is 2.59. The molecule has 0 atom stereocenters. The van der Waals surface area contributed by atoms with E-state index < -0.39 is 0 Å². The molecule has 1 rings (SSSR count). The molecule has 0 spiro atoms. The minimum atomic E-state index is 0.788. The maximum absolute atomic E-state index is 4.43. The lowest BCUT2D eigenvalue weighted by atomic mass is 9.50. The van der Waals surface area contributed by atoms with Crippen LogP contribution in [-0.2, 0) is 0 Å². The number of nitrogens with zero attached hydrogens (tertiary/aromatic N) is 1. The lowest BCUT2D eigenvalue weighted by Crippen LogP contribution is -2.18. The average molecular weight is 202 g/mol. The van der Waals surface area contributed by atoms with Gasteiger partial charge in [-0.3, -0.25) is 4.99 Å². The summed E-state index contributed by atoms with van der Waals surface area (Å²) in [6.45, 7) is 6.86. The van der Waals surface area contributed by atoms with E-state index >= 15 is 0 Å². The van der Waals surface area contributed by atoms with Crippen molar-refractivity contribution in [3.8, 4) is 0 Å². The van der Waals surface area contributed by atoms with Gasteiger partial charge in [-0.15, -0.1) is 0 Å². The van der Waals surface area contributed by atoms with Gasteiger partial charge in [0.15, 0.2) is 0 Å². The maximum Gasteiger partial charge on any atom is 0.115 e. The Kier molecular flexibility index (Phi) is 5.48. The molecule has 0 amide bonds. The number of rotatable bonds is 7. The molecule has 80 valence electrons. The van der Waals surface area contributed by atoms with Gasteiger partial charge in [0.05, 0.1) is 7.74 Å². The fourth-order valence-corrected chi connectivity index (χ4v) is 1.42. The van der Waals surface area contributed by atoms with Crippen molar-refractivity contribution >= 4 is 21.1 Å². The van der Waals surface area contributed by atoms with E-state index in [9.17, 15) is 0 Å². The Labute approximate surface area is 94.6 Å². The van der Waals surface area contributed by atoms with Crippen molar-refractivity contribution in [2.75, 3.05) is 6.54 Å². The van der Waals surface area contributed by atoms with Gasteiger partial charge in [0, 0.05) is 30.9 Å². The first-order valence-corrected chi connectivity index (χ1v) is 5.85. The fraction of sp³-hybridized carbons (Fsp3) is 0.545. The van der Waals surface area contributed by atoms with Gasteiger partial charge in [0.25, 0.3) is 0 Å². The van der Waals surface area contributed by atoms with Gasteiger partial charge in [-0.05, 0) is 12.8 Å². The lowest BCUT2D eigenvalue weighted by Gasteiger charge is -2.06. The molecule has 0 aromatic carbocycles. The summed E-state index contributed by atoms with van der Waals surface area (Å²) in [4.78, 5) is 4.43. The van der Waals surface area contributed by atoms with Gasteiger partial charge >= 0.3 is 0 Å². The van der Waals surface area contributed by atoms with Crippen molar-refractivity contribution in [3.05, 3.63) is 23.8 Å². The number of aliphatic imine (C=N–C) groups is 1. The molecular formula is C11H20B2N2. The van der Waals surface area contributed by atoms with E-state index in [1.54, 1.807) is 12.3 Å². The molecule has 0 heterocycles. The predicted molar refractivity (Wildman–Crippen MR) is 72.7 cm³/mol. The Balaban J connectivity index is 2.39. The SMILES string of the molecule is BB/C(C)=C(CCNC1CC1)/N=C\C=C. The molecule has 0 unspecified atom stereocenters. The van der Waals surface area contributed by atoms with Crippen molar-refractivity contribution in [2.45, 2.75) is 32.2 Å². The van der Waals surface area contributed by atoms with Gasteiger partial charge in [-0.1, -0.05) is 25.1 Å². The van der Waals surface area contributed by atoms with Crippen molar-refractivity contribution in [3.63, 3.8) is 0 Å². The van der Waals surface area contributed by atoms with E-state index in [-0.39, 0.29) is 0 Å². The minimum absolute atomic E-state index is 0.788. The first kappa shape index (κ1) is 12.3. The highest BCUT2D eigenvalue weighted by Gasteiger charge is 2.19. The second-order valence-electron chi connectivity index (χ2n) is 4.07. The predicted octanol–water partition coefficient (Wildman–Crippen LogP) is 0.601. The van der Waals surface area contributed by atoms with E-state index in [0.29, 0.717) is 0 Å². The maximum atomic E-state index is 4.43. The highest BCUT2D eigenvalue weighted by molar-refractivity contribution is 6.93. The zero-order chi connectivity index (χ0) is 11.1. The molecule has 0 saturated heterocycles. The molecule has 4 heteroatoms. The second kappa shape index (κ2) is 6.67. The van der Waals surface area contributed by atoms with Gasteiger partial charge in [0.2, 0.25) is 0 Å². The zero-order valence-corrected chi connectivity index (χ0v) is 9.92. The smallest absolute Gasteiger partial charge is 0.115 e. The third-order valence-corrected chi connectivity index (χ3v) is 2.73. The minimum Gasteiger partial charge on any atom is -0.314 e. The number of allylic oxidation sites excluding steroid dienone is 2. The quantitative estimate of drug-likeness (QED) is 0.474. The van der Waals surface area contributed by atoms with Crippen molar-refractivity contribution in [2.24, 2.45) is 4.99 Å². The Morgan fingerprint density at radius 1 is 1.67 bits per heavy atom. The Morgan fingerprint density at radius 2 is 2.40 bits per heavy atom. The molecule has 0 bridgehead atoms. The summed E-state index contributed by atoms with van der Waals surface area (Å²) < 4.78 is 0. The van der Waals surface area contributed by atoms with Crippen LogP contribution < -0.4 is 5.32 Å². The van der Waals surface area contributed by atoms with Crippen LogP contribution in [0.4, 0.5) is 0 Å². The summed E-state index contributed by atoms with van der Waals surface area (Å²) in [6.07, 6.45) is 7.24. The molecule has 1 fully saturated rings. The fourth-order valence-electron chi connectivity index (χ4n) is 1.42. The van der Waals surface area contributed by atoms with Crippen LogP contribution in [-0.4, -0.2) is 33.7 Å². The number of hydrogen-bond acceptors (Lipinski definition) is 2. The molecule has 1 aliphatic carbocycles. The van der Waals surface area contributed by atoms with Crippen LogP contribution >= 0.6 is 0 Å². The third kappa shape index (κ3) is 5.03. The van der Waals surface area contributed by atoms with Crippen LogP contribution in [0.5, 0.6) is 0 Å². The van der Waals surface area contributed by atoms with Crippen LogP contribution in [0.25, 0.3) is 0 Å². The van der Waals surface area contributed by atoms with Gasteiger partial charge in [-0.2, -0.15) is 0 Å². The van der Waals surface area contributed by atoms with E-state index in [1.807, 2.05) is 0 Å². The van der Waals surface area contributed by atoms with E-state index in [1.165, 1.54) is 24.0 Å². The van der Waals surface area contributed by atoms with E-state index in [2.05, 4.69) is 31.5 Å². The van der Waals surface area contributed by atoms with E-state index in [4.69, 9.17) is 0 Å². The first-order chi connectivity index (χ1) is 7.27. The molecule has 0 aromatic heterocycles. The summed E-state index contributed by atoms with van der Waals surface area (Å²) in [6, 6.07) is 0.788.